The van der Waals surface area contributed by atoms with Gasteiger partial charge in [-0.1, -0.05) is 36.4 Å². The molecule has 1 N–H and O–H groups in total. The number of likely N-dealkylation sites (tertiary alicyclic amines) is 1. The highest BCUT2D eigenvalue weighted by Crippen LogP contribution is 2.58. The quantitative estimate of drug-likeness (QED) is 0.341. The second kappa shape index (κ2) is 9.77. The van der Waals surface area contributed by atoms with Crippen molar-refractivity contribution in [2.75, 3.05) is 19.7 Å². The lowest BCUT2D eigenvalue weighted by atomic mass is 9.91. The predicted octanol–water partition coefficient (Wildman–Crippen LogP) is 4.66. The Balaban J connectivity index is 1.06. The Kier molecular flexibility index (Phi) is 6.09. The molecule has 4 aromatic rings. The Morgan fingerprint density at radius 2 is 1.97 bits per heavy atom. The fourth-order valence-electron chi connectivity index (χ4n) is 6.24. The fraction of sp³-hybridized carbons (Fsp3) is 0.387. The van der Waals surface area contributed by atoms with Crippen molar-refractivity contribution in [2.24, 2.45) is 5.92 Å². The number of aromatic carboxylic acids is 1. The molecule has 1 saturated carbocycles. The smallest absolute Gasteiger partial charge is 0.335 e. The maximum Gasteiger partial charge on any atom is 0.335 e. The van der Waals surface area contributed by atoms with E-state index in [9.17, 15) is 9.90 Å². The Bertz CT molecular complexity index is 1520. The molecule has 39 heavy (non-hydrogen) atoms. The van der Waals surface area contributed by atoms with Crippen molar-refractivity contribution in [2.45, 2.75) is 50.5 Å². The highest BCUT2D eigenvalue weighted by Gasteiger charge is 2.58. The lowest BCUT2D eigenvalue weighted by Gasteiger charge is -2.32. The van der Waals surface area contributed by atoms with Crippen molar-refractivity contribution in [1.82, 2.24) is 19.4 Å². The second-order valence-corrected chi connectivity index (χ2v) is 11.1. The summed E-state index contributed by atoms with van der Waals surface area (Å²) in [4.78, 5) is 24.0. The minimum atomic E-state index is -0.921. The number of carbonyl (C=O) groups is 1. The van der Waals surface area contributed by atoms with E-state index in [1.54, 1.807) is 12.1 Å². The fourth-order valence-corrected chi connectivity index (χ4v) is 6.24. The summed E-state index contributed by atoms with van der Waals surface area (Å²) in [6.45, 7) is 4.72. The molecule has 8 nitrogen and oxygen atoms in total. The number of ether oxygens (including phenoxy) is 2. The average Bonchev–Trinajstić information content (AvgIpc) is 3.58. The first kappa shape index (κ1) is 24.3. The van der Waals surface area contributed by atoms with E-state index in [1.165, 1.54) is 0 Å². The predicted molar refractivity (Wildman–Crippen MR) is 146 cm³/mol. The summed E-state index contributed by atoms with van der Waals surface area (Å²) in [5.41, 5.74) is 4.41. The van der Waals surface area contributed by atoms with Crippen LogP contribution in [0.4, 0.5) is 0 Å². The van der Waals surface area contributed by atoms with Gasteiger partial charge >= 0.3 is 5.97 Å². The van der Waals surface area contributed by atoms with Gasteiger partial charge in [-0.05, 0) is 61.6 Å². The van der Waals surface area contributed by atoms with Gasteiger partial charge in [-0.2, -0.15) is 0 Å². The number of hydrogen-bond donors (Lipinski definition) is 1. The van der Waals surface area contributed by atoms with Crippen LogP contribution < -0.4 is 4.74 Å². The molecule has 7 rings (SSSR count). The molecule has 2 aromatic heterocycles. The molecule has 4 heterocycles. The molecule has 0 radical (unpaired) electrons. The van der Waals surface area contributed by atoms with Crippen molar-refractivity contribution in [3.63, 3.8) is 0 Å². The van der Waals surface area contributed by atoms with Crippen molar-refractivity contribution in [1.29, 1.82) is 0 Å². The monoisotopic (exact) mass is 524 g/mol. The van der Waals surface area contributed by atoms with Gasteiger partial charge in [0.2, 0.25) is 5.88 Å². The Morgan fingerprint density at radius 3 is 2.74 bits per heavy atom. The number of hydrogen-bond acceptors (Lipinski definition) is 6. The summed E-state index contributed by atoms with van der Waals surface area (Å²) in [6.07, 6.45) is 3.39. The van der Waals surface area contributed by atoms with Gasteiger partial charge < -0.3 is 19.1 Å². The van der Waals surface area contributed by atoms with Crippen LogP contribution in [0.1, 0.15) is 46.7 Å². The molecule has 2 aromatic carbocycles. The van der Waals surface area contributed by atoms with Crippen LogP contribution in [0, 0.1) is 5.92 Å². The van der Waals surface area contributed by atoms with Crippen LogP contribution in [0.25, 0.3) is 11.0 Å². The van der Waals surface area contributed by atoms with Crippen molar-refractivity contribution in [3.8, 4) is 5.88 Å². The van der Waals surface area contributed by atoms with E-state index in [4.69, 9.17) is 19.4 Å². The van der Waals surface area contributed by atoms with E-state index in [1.807, 2.05) is 30.3 Å². The third-order valence-corrected chi connectivity index (χ3v) is 8.67. The normalized spacial score (nSPS) is 24.2. The third kappa shape index (κ3) is 4.68. The maximum absolute atomic E-state index is 11.6. The molecule has 200 valence electrons. The summed E-state index contributed by atoms with van der Waals surface area (Å²) in [6, 6.07) is 21.5. The van der Waals surface area contributed by atoms with Crippen LogP contribution in [0.2, 0.25) is 0 Å². The van der Waals surface area contributed by atoms with E-state index in [-0.39, 0.29) is 17.1 Å². The molecule has 3 atom stereocenters. The number of fused-ring (bicyclic) bond motifs is 2. The van der Waals surface area contributed by atoms with Gasteiger partial charge in [0.25, 0.3) is 0 Å². The number of carboxylic acid groups (broad SMARTS) is 1. The number of carboxylic acids is 1. The zero-order chi connectivity index (χ0) is 26.4. The number of imidazole rings is 1. The molecular formula is C31H32N4O4. The Labute approximate surface area is 227 Å². The molecule has 2 aliphatic heterocycles. The van der Waals surface area contributed by atoms with Crippen LogP contribution in [0.15, 0.2) is 66.7 Å². The number of rotatable bonds is 9. The molecule has 1 aliphatic carbocycles. The van der Waals surface area contributed by atoms with E-state index in [0.29, 0.717) is 24.9 Å². The first-order valence-corrected chi connectivity index (χ1v) is 13.8. The highest BCUT2D eigenvalue weighted by molar-refractivity contribution is 5.92. The van der Waals surface area contributed by atoms with Crippen LogP contribution in [0.3, 0.4) is 0 Å². The van der Waals surface area contributed by atoms with Crippen LogP contribution >= 0.6 is 0 Å². The van der Waals surface area contributed by atoms with E-state index >= 15 is 0 Å². The second-order valence-electron chi connectivity index (χ2n) is 11.1. The van der Waals surface area contributed by atoms with Gasteiger partial charge in [-0.15, -0.1) is 0 Å². The van der Waals surface area contributed by atoms with E-state index in [0.717, 1.165) is 73.6 Å². The van der Waals surface area contributed by atoms with E-state index in [2.05, 4.69) is 33.7 Å². The number of piperidine rings is 1. The van der Waals surface area contributed by atoms with E-state index < -0.39 is 5.97 Å². The molecule has 0 amide bonds. The lowest BCUT2D eigenvalue weighted by molar-refractivity contribution is -0.0592. The van der Waals surface area contributed by atoms with Gasteiger partial charge in [-0.3, -0.25) is 4.90 Å². The van der Waals surface area contributed by atoms with Gasteiger partial charge in [0.1, 0.15) is 12.4 Å². The summed E-state index contributed by atoms with van der Waals surface area (Å²) in [5.74, 6) is 1.31. The molecule has 8 heteroatoms. The number of benzene rings is 2. The summed E-state index contributed by atoms with van der Waals surface area (Å²) >= 11 is 0. The molecular weight excluding hydrogens is 492 g/mol. The minimum absolute atomic E-state index is 0.138. The summed E-state index contributed by atoms with van der Waals surface area (Å²) < 4.78 is 13.9. The SMILES string of the molecule is O=C(O)c1ccc2nc(CN3CC[C@]4(c5cccc(OCc6ccccc6)n5)C[C@@H]4C3)n(C[C@@H]3CCO3)c2c1. The first-order valence-electron chi connectivity index (χ1n) is 13.8. The molecule has 3 fully saturated rings. The van der Waals surface area contributed by atoms with Gasteiger partial charge in [0.05, 0.1) is 41.5 Å². The number of pyridine rings is 1. The highest BCUT2D eigenvalue weighted by atomic mass is 16.5. The molecule has 0 spiro atoms. The Morgan fingerprint density at radius 1 is 1.10 bits per heavy atom. The van der Waals surface area contributed by atoms with Crippen LogP contribution in [-0.4, -0.2) is 56.3 Å². The zero-order valence-electron chi connectivity index (χ0n) is 21.8. The van der Waals surface area contributed by atoms with Gasteiger partial charge in [0, 0.05) is 24.6 Å². The summed E-state index contributed by atoms with van der Waals surface area (Å²) in [5, 5.41) is 9.52. The molecule has 0 bridgehead atoms. The van der Waals surface area contributed by atoms with Crippen LogP contribution in [-0.2, 0) is 29.8 Å². The molecule has 2 saturated heterocycles. The van der Waals surface area contributed by atoms with Gasteiger partial charge in [0.15, 0.2) is 0 Å². The minimum Gasteiger partial charge on any atom is -0.478 e. The first-order chi connectivity index (χ1) is 19.1. The van der Waals surface area contributed by atoms with Crippen molar-refractivity contribution in [3.05, 3.63) is 89.4 Å². The van der Waals surface area contributed by atoms with Crippen molar-refractivity contribution >= 4 is 17.0 Å². The third-order valence-electron chi connectivity index (χ3n) is 8.67. The van der Waals surface area contributed by atoms with Crippen LogP contribution in [0.5, 0.6) is 5.88 Å². The summed E-state index contributed by atoms with van der Waals surface area (Å²) in [7, 11) is 0. The molecule has 3 aliphatic rings. The average molecular weight is 525 g/mol. The van der Waals surface area contributed by atoms with Crippen molar-refractivity contribution < 1.29 is 19.4 Å². The largest absolute Gasteiger partial charge is 0.478 e. The zero-order valence-corrected chi connectivity index (χ0v) is 21.8. The molecule has 0 unspecified atom stereocenters. The standard InChI is InChI=1S/C31H32N4O4/c36-30(37)22-9-10-25-26(15-22)35(18-24-11-14-38-24)28(32-25)19-34-13-12-31(16-23(31)17-34)27-7-4-8-29(33-27)39-20-21-5-2-1-3-6-21/h1-10,15,23-24H,11-14,16-20H2,(H,36,37)/t23-,24+,31+/m1/s1. The maximum atomic E-state index is 11.6. The topological polar surface area (TPSA) is 89.7 Å². The number of aromatic nitrogens is 3. The Hall–Kier alpha value is -3.75. The number of nitrogens with zero attached hydrogens (tertiary/aromatic N) is 4. The van der Waals surface area contributed by atoms with Gasteiger partial charge in [-0.25, -0.2) is 14.8 Å². The lowest BCUT2D eigenvalue weighted by Crippen LogP contribution is -2.37.